The summed E-state index contributed by atoms with van der Waals surface area (Å²) in [6.07, 6.45) is 7.74. The molecule has 1 fully saturated rings. The third-order valence-electron chi connectivity index (χ3n) is 4.72. The van der Waals surface area contributed by atoms with Crippen molar-refractivity contribution in [1.29, 1.82) is 0 Å². The highest BCUT2D eigenvalue weighted by atomic mass is 35.5. The van der Waals surface area contributed by atoms with Gasteiger partial charge in [-0.1, -0.05) is 36.9 Å². The van der Waals surface area contributed by atoms with Crippen molar-refractivity contribution in [1.82, 2.24) is 10.3 Å². The van der Waals surface area contributed by atoms with E-state index in [1.807, 2.05) is 0 Å². The van der Waals surface area contributed by atoms with Crippen LogP contribution < -0.4 is 15.4 Å². The van der Waals surface area contributed by atoms with Crippen molar-refractivity contribution in [2.45, 2.75) is 32.1 Å². The van der Waals surface area contributed by atoms with E-state index in [0.717, 1.165) is 0 Å². The maximum absolute atomic E-state index is 12.2. The molecule has 1 aromatic carbocycles. The summed E-state index contributed by atoms with van der Waals surface area (Å²) < 4.78 is 5.91. The number of nitrogens with zero attached hydrogens (tertiary/aromatic N) is 1. The molecule has 2 aromatic rings. The second kappa shape index (κ2) is 10.1. The zero-order valence-corrected chi connectivity index (χ0v) is 16.4. The van der Waals surface area contributed by atoms with E-state index >= 15 is 0 Å². The quantitative estimate of drug-likeness (QED) is 0.733. The Balaban J connectivity index is 1.51. The Morgan fingerprint density at radius 2 is 1.96 bits per heavy atom. The average molecular weight is 402 g/mol. The molecule has 0 aliphatic heterocycles. The lowest BCUT2D eigenvalue weighted by atomic mass is 9.90. The summed E-state index contributed by atoms with van der Waals surface area (Å²) in [4.78, 5) is 28.5. The van der Waals surface area contributed by atoms with Crippen molar-refractivity contribution in [3.05, 3.63) is 53.2 Å². The van der Waals surface area contributed by atoms with Gasteiger partial charge in [-0.3, -0.25) is 9.59 Å². The van der Waals surface area contributed by atoms with Gasteiger partial charge in [0, 0.05) is 16.8 Å². The van der Waals surface area contributed by atoms with Crippen LogP contribution in [0.1, 0.15) is 42.5 Å². The Labute approximate surface area is 169 Å². The van der Waals surface area contributed by atoms with Crippen molar-refractivity contribution in [3.63, 3.8) is 0 Å². The molecule has 0 radical (unpaired) electrons. The number of benzene rings is 1. The van der Waals surface area contributed by atoms with E-state index in [0.29, 0.717) is 34.7 Å². The number of carbonyl (C=O) groups is 2. The lowest BCUT2D eigenvalue weighted by Gasteiger charge is -2.22. The van der Waals surface area contributed by atoms with Gasteiger partial charge in [0.2, 0.25) is 5.91 Å². The topological polar surface area (TPSA) is 80.3 Å². The number of amides is 2. The number of hydrogen-bond donors (Lipinski definition) is 2. The molecule has 0 unspecified atom stereocenters. The second-order valence-electron chi connectivity index (χ2n) is 6.91. The van der Waals surface area contributed by atoms with Crippen LogP contribution in [0.5, 0.6) is 5.75 Å². The Hall–Kier alpha value is -2.60. The predicted octanol–water partition coefficient (Wildman–Crippen LogP) is 4.06. The minimum atomic E-state index is -0.378. The highest BCUT2D eigenvalue weighted by Gasteiger charge is 2.16. The van der Waals surface area contributed by atoms with Gasteiger partial charge in [0.05, 0.1) is 13.2 Å². The molecule has 1 aliphatic carbocycles. The molecule has 7 heteroatoms. The van der Waals surface area contributed by atoms with Crippen LogP contribution >= 0.6 is 11.6 Å². The smallest absolute Gasteiger partial charge is 0.251 e. The number of pyridine rings is 1. The van der Waals surface area contributed by atoms with Gasteiger partial charge in [-0.25, -0.2) is 4.98 Å². The van der Waals surface area contributed by atoms with Gasteiger partial charge in [-0.05, 0) is 49.1 Å². The van der Waals surface area contributed by atoms with E-state index in [1.165, 1.54) is 32.1 Å². The fourth-order valence-corrected chi connectivity index (χ4v) is 3.42. The van der Waals surface area contributed by atoms with Gasteiger partial charge in [-0.15, -0.1) is 0 Å². The van der Waals surface area contributed by atoms with E-state index in [9.17, 15) is 9.59 Å². The molecule has 0 spiro atoms. The third kappa shape index (κ3) is 5.96. The van der Waals surface area contributed by atoms with Crippen molar-refractivity contribution >= 4 is 29.2 Å². The molecule has 0 saturated heterocycles. The second-order valence-corrected chi connectivity index (χ2v) is 7.34. The number of hydrogen-bond acceptors (Lipinski definition) is 4. The van der Waals surface area contributed by atoms with Gasteiger partial charge >= 0.3 is 0 Å². The number of ether oxygens (including phenoxy) is 1. The Bertz CT molecular complexity index is 822. The minimum absolute atomic E-state index is 0.177. The highest BCUT2D eigenvalue weighted by molar-refractivity contribution is 6.31. The predicted molar refractivity (Wildman–Crippen MR) is 109 cm³/mol. The standard InChI is InChI=1S/C21H24ClN3O3/c22-17-9-4-8-16(12-17)21(27)24-13-19(26)25-20-18(10-5-11-23-20)28-14-15-6-2-1-3-7-15/h4-5,8-12,15H,1-3,6-7,13-14H2,(H,24,27)(H,23,25,26). The Morgan fingerprint density at radius 3 is 2.75 bits per heavy atom. The molecule has 28 heavy (non-hydrogen) atoms. The first-order valence-electron chi connectivity index (χ1n) is 9.53. The molecule has 6 nitrogen and oxygen atoms in total. The number of anilines is 1. The number of aromatic nitrogens is 1. The minimum Gasteiger partial charge on any atom is -0.489 e. The fraction of sp³-hybridized carbons (Fsp3) is 0.381. The van der Waals surface area contributed by atoms with E-state index in [2.05, 4.69) is 15.6 Å². The summed E-state index contributed by atoms with van der Waals surface area (Å²) in [5.74, 6) is 0.710. The van der Waals surface area contributed by atoms with Gasteiger partial charge in [0.1, 0.15) is 0 Å². The first kappa shape index (κ1) is 20.1. The zero-order chi connectivity index (χ0) is 19.8. The zero-order valence-electron chi connectivity index (χ0n) is 15.6. The van der Waals surface area contributed by atoms with E-state index in [4.69, 9.17) is 16.3 Å². The SMILES string of the molecule is O=C(CNC(=O)c1cccc(Cl)c1)Nc1ncccc1OCC1CCCCC1. The molecule has 3 rings (SSSR count). The van der Waals surface area contributed by atoms with Crippen LogP contribution in [0.2, 0.25) is 5.02 Å². The van der Waals surface area contributed by atoms with Crippen molar-refractivity contribution in [3.8, 4) is 5.75 Å². The summed E-state index contributed by atoms with van der Waals surface area (Å²) >= 11 is 5.88. The van der Waals surface area contributed by atoms with Crippen LogP contribution in [-0.2, 0) is 4.79 Å². The molecule has 1 aliphatic rings. The molecule has 1 heterocycles. The molecule has 0 atom stereocenters. The summed E-state index contributed by atoms with van der Waals surface area (Å²) in [6.45, 7) is 0.448. The molecule has 0 bridgehead atoms. The van der Waals surface area contributed by atoms with Gasteiger partial charge < -0.3 is 15.4 Å². The van der Waals surface area contributed by atoms with Gasteiger partial charge in [-0.2, -0.15) is 0 Å². The largest absolute Gasteiger partial charge is 0.489 e. The molecule has 2 N–H and O–H groups in total. The fourth-order valence-electron chi connectivity index (χ4n) is 3.23. The van der Waals surface area contributed by atoms with E-state index < -0.39 is 0 Å². The highest BCUT2D eigenvalue weighted by Crippen LogP contribution is 2.26. The first-order valence-corrected chi connectivity index (χ1v) is 9.91. The number of nitrogens with one attached hydrogen (secondary N) is 2. The van der Waals surface area contributed by atoms with Crippen LogP contribution in [0, 0.1) is 5.92 Å². The van der Waals surface area contributed by atoms with Crippen LogP contribution in [-0.4, -0.2) is 29.9 Å². The lowest BCUT2D eigenvalue weighted by molar-refractivity contribution is -0.115. The van der Waals surface area contributed by atoms with E-state index in [1.54, 1.807) is 42.6 Å². The maximum Gasteiger partial charge on any atom is 0.251 e. The molecular weight excluding hydrogens is 378 g/mol. The molecule has 1 saturated carbocycles. The monoisotopic (exact) mass is 401 g/mol. The van der Waals surface area contributed by atoms with Crippen LogP contribution in [0.25, 0.3) is 0 Å². The third-order valence-corrected chi connectivity index (χ3v) is 4.96. The van der Waals surface area contributed by atoms with Crippen molar-refractivity contribution < 1.29 is 14.3 Å². The molecular formula is C21H24ClN3O3. The summed E-state index contributed by atoms with van der Waals surface area (Å²) in [7, 11) is 0. The number of halogens is 1. The summed E-state index contributed by atoms with van der Waals surface area (Å²) in [5.41, 5.74) is 0.398. The summed E-state index contributed by atoms with van der Waals surface area (Å²) in [5, 5.41) is 5.74. The normalized spacial score (nSPS) is 14.3. The lowest BCUT2D eigenvalue weighted by Crippen LogP contribution is -2.33. The van der Waals surface area contributed by atoms with Gasteiger partial charge in [0.15, 0.2) is 11.6 Å². The number of carbonyl (C=O) groups excluding carboxylic acids is 2. The van der Waals surface area contributed by atoms with Crippen LogP contribution in [0.15, 0.2) is 42.6 Å². The molecule has 148 valence electrons. The van der Waals surface area contributed by atoms with Crippen molar-refractivity contribution in [2.24, 2.45) is 5.92 Å². The van der Waals surface area contributed by atoms with Gasteiger partial charge in [0.25, 0.3) is 5.91 Å². The Morgan fingerprint density at radius 1 is 1.14 bits per heavy atom. The molecule has 1 aromatic heterocycles. The first-order chi connectivity index (χ1) is 13.6. The number of rotatable bonds is 7. The average Bonchev–Trinajstić information content (AvgIpc) is 2.72. The van der Waals surface area contributed by atoms with E-state index in [-0.39, 0.29) is 18.4 Å². The Kier molecular flexibility index (Phi) is 7.25. The van der Waals surface area contributed by atoms with Crippen LogP contribution in [0.3, 0.4) is 0 Å². The van der Waals surface area contributed by atoms with Crippen LogP contribution in [0.4, 0.5) is 5.82 Å². The molecule has 2 amide bonds. The van der Waals surface area contributed by atoms with Crippen molar-refractivity contribution in [2.75, 3.05) is 18.5 Å². The summed E-state index contributed by atoms with van der Waals surface area (Å²) in [6, 6.07) is 10.1. The maximum atomic E-state index is 12.2.